The Hall–Kier alpha value is -2.08. The molecule has 2 rings (SSSR count). The fourth-order valence-electron chi connectivity index (χ4n) is 3.21. The third kappa shape index (κ3) is 6.54. The fraction of sp³-hybridized carbons (Fsp3) is 0.619. The Morgan fingerprint density at radius 2 is 2.15 bits per heavy atom. The molecule has 1 aromatic carbocycles. The van der Waals surface area contributed by atoms with E-state index >= 15 is 0 Å². The highest BCUT2D eigenvalue weighted by molar-refractivity contribution is 5.97. The van der Waals surface area contributed by atoms with E-state index in [0.717, 1.165) is 24.9 Å². The number of nitrogens with zero attached hydrogens (tertiary/aromatic N) is 1. The summed E-state index contributed by atoms with van der Waals surface area (Å²) in [4.78, 5) is 27.1. The summed E-state index contributed by atoms with van der Waals surface area (Å²) in [6.07, 6.45) is 2.94. The number of hydrogen-bond donors (Lipinski definition) is 2. The molecule has 3 N–H and O–H groups in total. The Morgan fingerprint density at radius 1 is 1.37 bits per heavy atom. The quantitative estimate of drug-likeness (QED) is 0.731. The summed E-state index contributed by atoms with van der Waals surface area (Å²) in [6, 6.07) is 5.55. The Balaban J connectivity index is 1.99. The Bertz CT molecular complexity index is 646. The molecular formula is C21H33N3O3. The van der Waals surface area contributed by atoms with Crippen molar-refractivity contribution < 1.29 is 14.3 Å². The van der Waals surface area contributed by atoms with Gasteiger partial charge in [-0.25, -0.2) is 0 Å². The van der Waals surface area contributed by atoms with Gasteiger partial charge in [0.15, 0.2) is 0 Å². The third-order valence-corrected chi connectivity index (χ3v) is 4.87. The zero-order valence-electron chi connectivity index (χ0n) is 16.8. The van der Waals surface area contributed by atoms with Crippen LogP contribution in [-0.4, -0.2) is 49.0 Å². The second-order valence-electron chi connectivity index (χ2n) is 7.70. The number of rotatable bonds is 8. The molecule has 1 aliphatic rings. The molecule has 1 atom stereocenters. The van der Waals surface area contributed by atoms with Crippen LogP contribution in [0, 0.1) is 12.8 Å². The predicted octanol–water partition coefficient (Wildman–Crippen LogP) is 2.49. The molecule has 1 fully saturated rings. The number of aryl methyl sites for hydroxylation is 1. The van der Waals surface area contributed by atoms with Gasteiger partial charge < -0.3 is 20.7 Å². The summed E-state index contributed by atoms with van der Waals surface area (Å²) in [5.74, 6) is 1.16. The zero-order chi connectivity index (χ0) is 19.8. The van der Waals surface area contributed by atoms with Crippen LogP contribution < -0.4 is 15.8 Å². The molecule has 150 valence electrons. The molecule has 6 nitrogen and oxygen atoms in total. The number of nitrogens with one attached hydrogen (secondary N) is 1. The molecule has 0 spiro atoms. The minimum Gasteiger partial charge on any atom is -0.491 e. The van der Waals surface area contributed by atoms with E-state index in [2.05, 4.69) is 19.2 Å². The summed E-state index contributed by atoms with van der Waals surface area (Å²) in [7, 11) is 0. The third-order valence-electron chi connectivity index (χ3n) is 4.87. The van der Waals surface area contributed by atoms with Crippen LogP contribution in [-0.2, 0) is 4.79 Å². The highest BCUT2D eigenvalue weighted by atomic mass is 16.5. The van der Waals surface area contributed by atoms with Gasteiger partial charge in [-0.2, -0.15) is 0 Å². The van der Waals surface area contributed by atoms with Crippen LogP contribution in [0.15, 0.2) is 18.2 Å². The molecule has 6 heteroatoms. The van der Waals surface area contributed by atoms with Gasteiger partial charge in [-0.05, 0) is 44.2 Å². The highest BCUT2D eigenvalue weighted by Gasteiger charge is 2.24. The van der Waals surface area contributed by atoms with Crippen molar-refractivity contribution in [3.05, 3.63) is 29.3 Å². The maximum absolute atomic E-state index is 12.8. The molecule has 1 saturated heterocycles. The Kier molecular flexibility index (Phi) is 8.10. The summed E-state index contributed by atoms with van der Waals surface area (Å²) in [5.41, 5.74) is 7.03. The van der Waals surface area contributed by atoms with Gasteiger partial charge in [0.2, 0.25) is 5.91 Å². The van der Waals surface area contributed by atoms with E-state index in [1.54, 1.807) is 0 Å². The van der Waals surface area contributed by atoms with E-state index in [4.69, 9.17) is 10.5 Å². The van der Waals surface area contributed by atoms with Crippen LogP contribution in [0.2, 0.25) is 0 Å². The van der Waals surface area contributed by atoms with Crippen molar-refractivity contribution in [1.29, 1.82) is 0 Å². The molecule has 0 radical (unpaired) electrons. The lowest BCUT2D eigenvalue weighted by Crippen LogP contribution is -2.36. The molecule has 0 saturated carbocycles. The maximum atomic E-state index is 12.8. The molecule has 27 heavy (non-hydrogen) atoms. The first kappa shape index (κ1) is 21.2. The van der Waals surface area contributed by atoms with Gasteiger partial charge in [0.1, 0.15) is 12.4 Å². The Labute approximate surface area is 162 Å². The van der Waals surface area contributed by atoms with Crippen LogP contribution in [0.5, 0.6) is 5.75 Å². The molecule has 1 aliphatic heterocycles. The van der Waals surface area contributed by atoms with Crippen molar-refractivity contribution in [3.63, 3.8) is 0 Å². The van der Waals surface area contributed by atoms with E-state index in [-0.39, 0.29) is 17.9 Å². The SMILES string of the molecule is Cc1ccc(OCCN)c(C(=O)NC2CCC(=O)N(CCC(C)C)CC2)c1. The van der Waals surface area contributed by atoms with Gasteiger partial charge in [-0.1, -0.05) is 25.5 Å². The van der Waals surface area contributed by atoms with Crippen molar-refractivity contribution in [1.82, 2.24) is 10.2 Å². The summed E-state index contributed by atoms with van der Waals surface area (Å²) >= 11 is 0. The fourth-order valence-corrected chi connectivity index (χ4v) is 3.21. The minimum atomic E-state index is -0.154. The van der Waals surface area contributed by atoms with Gasteiger partial charge in [-0.3, -0.25) is 9.59 Å². The van der Waals surface area contributed by atoms with Crippen molar-refractivity contribution in [2.24, 2.45) is 11.7 Å². The van der Waals surface area contributed by atoms with Crippen molar-refractivity contribution >= 4 is 11.8 Å². The van der Waals surface area contributed by atoms with Crippen LogP contribution in [0.3, 0.4) is 0 Å². The van der Waals surface area contributed by atoms with Crippen molar-refractivity contribution in [2.45, 2.75) is 52.5 Å². The van der Waals surface area contributed by atoms with E-state index < -0.39 is 0 Å². The summed E-state index contributed by atoms with van der Waals surface area (Å²) in [6.45, 7) is 8.53. The average molecular weight is 376 g/mol. The molecule has 0 bridgehead atoms. The highest BCUT2D eigenvalue weighted by Crippen LogP contribution is 2.21. The summed E-state index contributed by atoms with van der Waals surface area (Å²) < 4.78 is 5.62. The van der Waals surface area contributed by atoms with Crippen LogP contribution in [0.25, 0.3) is 0 Å². The number of ether oxygens (including phenoxy) is 1. The molecule has 1 heterocycles. The van der Waals surface area contributed by atoms with Gasteiger partial charge in [0.05, 0.1) is 5.56 Å². The molecule has 2 amide bonds. The lowest BCUT2D eigenvalue weighted by Gasteiger charge is -2.22. The predicted molar refractivity (Wildman–Crippen MR) is 107 cm³/mol. The van der Waals surface area contributed by atoms with E-state index in [0.29, 0.717) is 49.8 Å². The van der Waals surface area contributed by atoms with E-state index in [1.807, 2.05) is 30.0 Å². The Morgan fingerprint density at radius 3 is 2.85 bits per heavy atom. The monoisotopic (exact) mass is 375 g/mol. The second kappa shape index (κ2) is 10.3. The average Bonchev–Trinajstić information content (AvgIpc) is 2.80. The number of carbonyl (C=O) groups is 2. The number of likely N-dealkylation sites (tertiary alicyclic amines) is 1. The largest absolute Gasteiger partial charge is 0.491 e. The number of amides is 2. The lowest BCUT2D eigenvalue weighted by atomic mass is 10.1. The number of benzene rings is 1. The smallest absolute Gasteiger partial charge is 0.255 e. The molecule has 0 aliphatic carbocycles. The normalized spacial score (nSPS) is 17.7. The van der Waals surface area contributed by atoms with E-state index in [9.17, 15) is 9.59 Å². The number of hydrogen-bond acceptors (Lipinski definition) is 4. The first-order valence-electron chi connectivity index (χ1n) is 9.93. The van der Waals surface area contributed by atoms with Crippen LogP contribution >= 0.6 is 0 Å². The van der Waals surface area contributed by atoms with Crippen LogP contribution in [0.4, 0.5) is 0 Å². The molecule has 1 unspecified atom stereocenters. The molecule has 0 aromatic heterocycles. The first-order chi connectivity index (χ1) is 12.9. The summed E-state index contributed by atoms with van der Waals surface area (Å²) in [5, 5.41) is 3.10. The standard InChI is InChI=1S/C21H33N3O3/c1-15(2)8-11-24-12-9-17(5-7-20(24)25)23-21(26)18-14-16(3)4-6-19(18)27-13-10-22/h4,6,14-15,17H,5,7-13,22H2,1-3H3,(H,23,26). The topological polar surface area (TPSA) is 84.7 Å². The first-order valence-corrected chi connectivity index (χ1v) is 9.93. The van der Waals surface area contributed by atoms with Crippen molar-refractivity contribution in [3.8, 4) is 5.75 Å². The minimum absolute atomic E-state index is 0.00614. The van der Waals surface area contributed by atoms with Gasteiger partial charge in [-0.15, -0.1) is 0 Å². The van der Waals surface area contributed by atoms with Gasteiger partial charge in [0, 0.05) is 32.1 Å². The van der Waals surface area contributed by atoms with E-state index in [1.165, 1.54) is 0 Å². The zero-order valence-corrected chi connectivity index (χ0v) is 16.8. The molecule has 1 aromatic rings. The van der Waals surface area contributed by atoms with Crippen molar-refractivity contribution in [2.75, 3.05) is 26.2 Å². The van der Waals surface area contributed by atoms with Gasteiger partial charge >= 0.3 is 0 Å². The number of nitrogens with two attached hydrogens (primary N) is 1. The second-order valence-corrected chi connectivity index (χ2v) is 7.70. The van der Waals surface area contributed by atoms with Crippen LogP contribution in [0.1, 0.15) is 55.5 Å². The lowest BCUT2D eigenvalue weighted by molar-refractivity contribution is -0.130. The number of carbonyl (C=O) groups excluding carboxylic acids is 2. The van der Waals surface area contributed by atoms with Gasteiger partial charge in [0.25, 0.3) is 5.91 Å². The maximum Gasteiger partial charge on any atom is 0.255 e. The molecular weight excluding hydrogens is 342 g/mol.